The molecule has 1 saturated carbocycles. The van der Waals surface area contributed by atoms with Gasteiger partial charge in [0.2, 0.25) is 0 Å². The number of carbonyl (C=O) groups is 1. The Kier molecular flexibility index (Phi) is 1.01. The maximum absolute atomic E-state index is 10.8. The molecule has 1 aliphatic carbocycles. The summed E-state index contributed by atoms with van der Waals surface area (Å²) in [4.78, 5) is 10.8. The van der Waals surface area contributed by atoms with Crippen LogP contribution in [0.1, 0.15) is 19.8 Å². The van der Waals surface area contributed by atoms with Crippen LogP contribution >= 0.6 is 0 Å². The lowest BCUT2D eigenvalue weighted by atomic mass is 10.2. The second-order valence-electron chi connectivity index (χ2n) is 2.79. The van der Waals surface area contributed by atoms with E-state index in [0.29, 0.717) is 5.92 Å². The van der Waals surface area contributed by atoms with Crippen molar-refractivity contribution in [1.29, 1.82) is 0 Å². The quantitative estimate of drug-likeness (QED) is 0.540. The molecule has 3 heteroatoms. The van der Waals surface area contributed by atoms with Gasteiger partial charge >= 0.3 is 0 Å². The summed E-state index contributed by atoms with van der Waals surface area (Å²) in [7, 11) is 0. The molecule has 0 N–H and O–H groups in total. The highest BCUT2D eigenvalue weighted by Crippen LogP contribution is 2.40. The molecule has 52 valence electrons. The number of azo groups is 1. The van der Waals surface area contributed by atoms with Crippen LogP contribution in [-0.4, -0.2) is 5.91 Å². The summed E-state index contributed by atoms with van der Waals surface area (Å²) in [5, 5.41) is 7.29. The van der Waals surface area contributed by atoms with Gasteiger partial charge in [-0.3, -0.25) is 4.79 Å². The maximum Gasteiger partial charge on any atom is 0.292 e. The van der Waals surface area contributed by atoms with E-state index in [0.717, 1.165) is 11.3 Å². The molecule has 0 aromatic rings. The van der Waals surface area contributed by atoms with Crippen LogP contribution in [0.5, 0.6) is 0 Å². The van der Waals surface area contributed by atoms with Crippen LogP contribution in [0.4, 0.5) is 0 Å². The molecule has 2 rings (SSSR count). The number of carbonyl (C=O) groups excluding carboxylic acids is 1. The Balaban J connectivity index is 2.33. The van der Waals surface area contributed by atoms with Gasteiger partial charge in [0.15, 0.2) is 0 Å². The number of amides is 1. The van der Waals surface area contributed by atoms with Crippen molar-refractivity contribution in [2.75, 3.05) is 0 Å². The van der Waals surface area contributed by atoms with Crippen LogP contribution in [0, 0.1) is 5.92 Å². The van der Waals surface area contributed by atoms with Crippen LogP contribution in [0.15, 0.2) is 21.5 Å². The zero-order valence-corrected chi connectivity index (χ0v) is 5.79. The first kappa shape index (κ1) is 5.77. The second kappa shape index (κ2) is 1.75. The zero-order valence-electron chi connectivity index (χ0n) is 5.79. The second-order valence-corrected chi connectivity index (χ2v) is 2.79. The van der Waals surface area contributed by atoms with Gasteiger partial charge in [-0.05, 0) is 19.8 Å². The fourth-order valence-electron chi connectivity index (χ4n) is 1.10. The minimum atomic E-state index is -0.151. The molecule has 0 aromatic heterocycles. The molecule has 3 nitrogen and oxygen atoms in total. The molecule has 0 saturated heterocycles. The van der Waals surface area contributed by atoms with Crippen molar-refractivity contribution in [3.8, 4) is 0 Å². The number of hydrogen-bond donors (Lipinski definition) is 0. The molecular formula is C7H8N2O. The average Bonchev–Trinajstić information content (AvgIpc) is 2.67. The molecule has 1 heterocycles. The Hall–Kier alpha value is -0.990. The Morgan fingerprint density at radius 3 is 2.50 bits per heavy atom. The largest absolute Gasteiger partial charge is 0.292 e. The van der Waals surface area contributed by atoms with Gasteiger partial charge in [0.25, 0.3) is 5.91 Å². The molecule has 0 radical (unpaired) electrons. The minimum absolute atomic E-state index is 0.151. The van der Waals surface area contributed by atoms with E-state index in [1.807, 2.05) is 0 Å². The first-order valence-corrected chi connectivity index (χ1v) is 3.46. The molecule has 0 unspecified atom stereocenters. The number of hydrogen-bond acceptors (Lipinski definition) is 2. The van der Waals surface area contributed by atoms with Crippen LogP contribution in [-0.2, 0) is 4.79 Å². The third-order valence-electron chi connectivity index (χ3n) is 1.92. The van der Waals surface area contributed by atoms with Crippen molar-refractivity contribution in [3.63, 3.8) is 0 Å². The van der Waals surface area contributed by atoms with Crippen LogP contribution in [0.2, 0.25) is 0 Å². The number of rotatable bonds is 1. The molecule has 0 spiro atoms. The Morgan fingerprint density at radius 1 is 1.40 bits per heavy atom. The third kappa shape index (κ3) is 0.701. The Bertz CT molecular complexity index is 248. The highest BCUT2D eigenvalue weighted by Gasteiger charge is 2.32. The summed E-state index contributed by atoms with van der Waals surface area (Å²) in [5.41, 5.74) is 1.69. The first-order valence-electron chi connectivity index (χ1n) is 3.46. The zero-order chi connectivity index (χ0) is 7.14. The maximum atomic E-state index is 10.8. The van der Waals surface area contributed by atoms with Gasteiger partial charge in [0.1, 0.15) is 0 Å². The Labute approximate surface area is 58.8 Å². The topological polar surface area (TPSA) is 41.8 Å². The van der Waals surface area contributed by atoms with Gasteiger partial charge in [0.05, 0.1) is 5.70 Å². The van der Waals surface area contributed by atoms with E-state index in [9.17, 15) is 4.79 Å². The summed E-state index contributed by atoms with van der Waals surface area (Å²) in [6.07, 6.45) is 2.36. The third-order valence-corrected chi connectivity index (χ3v) is 1.92. The molecule has 0 atom stereocenters. The summed E-state index contributed by atoms with van der Waals surface area (Å²) >= 11 is 0. The van der Waals surface area contributed by atoms with Gasteiger partial charge in [-0.25, -0.2) is 0 Å². The Morgan fingerprint density at radius 2 is 2.10 bits per heavy atom. The normalized spacial score (nSPS) is 24.7. The monoisotopic (exact) mass is 136 g/mol. The molecule has 1 aliphatic heterocycles. The predicted molar refractivity (Wildman–Crippen MR) is 35.3 cm³/mol. The summed E-state index contributed by atoms with van der Waals surface area (Å²) < 4.78 is 0. The molecule has 1 amide bonds. The van der Waals surface area contributed by atoms with Crippen molar-refractivity contribution >= 4 is 5.91 Å². The van der Waals surface area contributed by atoms with Gasteiger partial charge in [0, 0.05) is 11.5 Å². The molecular weight excluding hydrogens is 128 g/mol. The van der Waals surface area contributed by atoms with Gasteiger partial charge < -0.3 is 0 Å². The van der Waals surface area contributed by atoms with Crippen molar-refractivity contribution in [2.45, 2.75) is 19.8 Å². The summed E-state index contributed by atoms with van der Waals surface area (Å²) in [6.45, 7) is 1.80. The van der Waals surface area contributed by atoms with Gasteiger partial charge in [-0.15, -0.1) is 5.11 Å². The van der Waals surface area contributed by atoms with E-state index in [1.54, 1.807) is 6.92 Å². The van der Waals surface area contributed by atoms with E-state index < -0.39 is 0 Å². The van der Waals surface area contributed by atoms with Crippen molar-refractivity contribution < 1.29 is 4.79 Å². The fraction of sp³-hybridized carbons (Fsp3) is 0.571. The lowest BCUT2D eigenvalue weighted by Gasteiger charge is -1.90. The van der Waals surface area contributed by atoms with Crippen molar-refractivity contribution in [2.24, 2.45) is 16.1 Å². The number of allylic oxidation sites excluding steroid dienone is 1. The first-order chi connectivity index (χ1) is 4.79. The minimum Gasteiger partial charge on any atom is -0.265 e. The van der Waals surface area contributed by atoms with Crippen molar-refractivity contribution in [1.82, 2.24) is 0 Å². The van der Waals surface area contributed by atoms with E-state index >= 15 is 0 Å². The fourth-order valence-corrected chi connectivity index (χ4v) is 1.10. The average molecular weight is 136 g/mol. The smallest absolute Gasteiger partial charge is 0.265 e. The molecule has 0 bridgehead atoms. The van der Waals surface area contributed by atoms with Crippen LogP contribution in [0.25, 0.3) is 0 Å². The van der Waals surface area contributed by atoms with E-state index in [4.69, 9.17) is 0 Å². The van der Waals surface area contributed by atoms with Gasteiger partial charge in [-0.1, -0.05) is 0 Å². The summed E-state index contributed by atoms with van der Waals surface area (Å²) in [6, 6.07) is 0. The van der Waals surface area contributed by atoms with Crippen LogP contribution < -0.4 is 0 Å². The van der Waals surface area contributed by atoms with Gasteiger partial charge in [-0.2, -0.15) is 5.11 Å². The predicted octanol–water partition coefficient (Wildman–Crippen LogP) is 1.66. The van der Waals surface area contributed by atoms with E-state index in [1.165, 1.54) is 12.8 Å². The SMILES string of the molecule is CC1=C(C2CC2)N=NC1=O. The highest BCUT2D eigenvalue weighted by molar-refractivity contribution is 5.95. The van der Waals surface area contributed by atoms with E-state index in [-0.39, 0.29) is 5.91 Å². The molecule has 10 heavy (non-hydrogen) atoms. The lowest BCUT2D eigenvalue weighted by molar-refractivity contribution is -0.114. The number of nitrogens with zero attached hydrogens (tertiary/aromatic N) is 2. The van der Waals surface area contributed by atoms with E-state index in [2.05, 4.69) is 10.2 Å². The lowest BCUT2D eigenvalue weighted by Crippen LogP contribution is -1.91. The standard InChI is InChI=1S/C7H8N2O/c1-4-6(5-2-3-5)8-9-7(4)10/h5H,2-3H2,1H3. The molecule has 2 aliphatic rings. The van der Waals surface area contributed by atoms with Crippen LogP contribution in [0.3, 0.4) is 0 Å². The van der Waals surface area contributed by atoms with Crippen molar-refractivity contribution in [3.05, 3.63) is 11.3 Å². The molecule has 0 aromatic carbocycles. The summed E-state index contributed by atoms with van der Waals surface area (Å²) in [5.74, 6) is 0.400. The molecule has 1 fully saturated rings. The highest BCUT2D eigenvalue weighted by atomic mass is 16.2.